The van der Waals surface area contributed by atoms with Crippen LogP contribution < -0.4 is 0 Å². The molecule has 2 aliphatic rings. The lowest BCUT2D eigenvalue weighted by atomic mass is 10.1. The van der Waals surface area contributed by atoms with Crippen molar-refractivity contribution in [2.24, 2.45) is 10.2 Å². The molecule has 0 fully saturated rings. The predicted molar refractivity (Wildman–Crippen MR) is 69.9 cm³/mol. The topological polar surface area (TPSA) is 24.7 Å². The van der Waals surface area contributed by atoms with E-state index >= 15 is 0 Å². The average molecular weight is 212 g/mol. The smallest absolute Gasteiger partial charge is 0.0634 e. The van der Waals surface area contributed by atoms with Gasteiger partial charge in [-0.1, -0.05) is 36.5 Å². The van der Waals surface area contributed by atoms with Crippen LogP contribution in [0.25, 0.3) is 0 Å². The van der Waals surface area contributed by atoms with Gasteiger partial charge in [-0.05, 0) is 37.8 Å². The lowest BCUT2D eigenvalue weighted by molar-refractivity contribution is 1.19. The van der Waals surface area contributed by atoms with Gasteiger partial charge in [0, 0.05) is 0 Å². The summed E-state index contributed by atoms with van der Waals surface area (Å²) in [7, 11) is 0. The lowest BCUT2D eigenvalue weighted by Gasteiger charge is -2.00. The van der Waals surface area contributed by atoms with Crippen LogP contribution in [0.3, 0.4) is 0 Å². The van der Waals surface area contributed by atoms with Crippen LogP contribution in [0.15, 0.2) is 57.8 Å². The van der Waals surface area contributed by atoms with Gasteiger partial charge in [0.1, 0.15) is 0 Å². The van der Waals surface area contributed by atoms with Gasteiger partial charge in [0.05, 0.1) is 11.4 Å². The zero-order chi connectivity index (χ0) is 11.4. The molecular formula is C14H16N2. The number of nitrogens with zero attached hydrogens (tertiary/aromatic N) is 2. The van der Waals surface area contributed by atoms with Crippen LogP contribution in [-0.4, -0.2) is 11.4 Å². The van der Waals surface area contributed by atoms with E-state index in [0.717, 1.165) is 24.3 Å². The maximum absolute atomic E-state index is 4.28. The molecule has 0 saturated carbocycles. The molecule has 0 aromatic carbocycles. The fourth-order valence-electron chi connectivity index (χ4n) is 1.71. The van der Waals surface area contributed by atoms with E-state index in [9.17, 15) is 0 Å². The summed E-state index contributed by atoms with van der Waals surface area (Å²) in [6.45, 7) is 4.02. The van der Waals surface area contributed by atoms with Gasteiger partial charge in [-0.25, -0.2) is 0 Å². The molecular weight excluding hydrogens is 196 g/mol. The Hall–Kier alpha value is -1.70. The molecule has 0 unspecified atom stereocenters. The van der Waals surface area contributed by atoms with Crippen LogP contribution in [0.4, 0.5) is 0 Å². The van der Waals surface area contributed by atoms with Gasteiger partial charge in [0.25, 0.3) is 0 Å². The van der Waals surface area contributed by atoms with E-state index in [1.54, 1.807) is 0 Å². The molecule has 0 radical (unpaired) electrons. The Morgan fingerprint density at radius 1 is 0.875 bits per heavy atom. The Morgan fingerprint density at radius 2 is 1.31 bits per heavy atom. The highest BCUT2D eigenvalue weighted by molar-refractivity contribution is 6.02. The van der Waals surface area contributed by atoms with Crippen molar-refractivity contribution in [3.8, 4) is 0 Å². The van der Waals surface area contributed by atoms with Crippen molar-refractivity contribution >= 4 is 11.4 Å². The first-order valence-electron chi connectivity index (χ1n) is 5.58. The zero-order valence-electron chi connectivity index (χ0n) is 9.77. The van der Waals surface area contributed by atoms with Crippen molar-refractivity contribution in [2.75, 3.05) is 0 Å². The molecule has 0 bridgehead atoms. The summed E-state index contributed by atoms with van der Waals surface area (Å²) in [5, 5.41) is 8.56. The normalized spacial score (nSPS) is 20.4. The van der Waals surface area contributed by atoms with Crippen molar-refractivity contribution in [3.63, 3.8) is 0 Å². The van der Waals surface area contributed by atoms with E-state index in [2.05, 4.69) is 46.7 Å². The third-order valence-corrected chi connectivity index (χ3v) is 2.82. The Balaban J connectivity index is 2.04. The van der Waals surface area contributed by atoms with Gasteiger partial charge >= 0.3 is 0 Å². The summed E-state index contributed by atoms with van der Waals surface area (Å²) in [6.07, 6.45) is 14.5. The Bertz CT molecular complexity index is 413. The van der Waals surface area contributed by atoms with Crippen molar-refractivity contribution in [1.82, 2.24) is 0 Å². The fraction of sp³-hybridized carbons (Fsp3) is 0.286. The molecule has 2 nitrogen and oxygen atoms in total. The second-order valence-electron chi connectivity index (χ2n) is 4.02. The highest BCUT2D eigenvalue weighted by Crippen LogP contribution is 2.14. The molecule has 16 heavy (non-hydrogen) atoms. The summed E-state index contributed by atoms with van der Waals surface area (Å²) in [5.41, 5.74) is 4.54. The number of hydrogen-bond donors (Lipinski definition) is 0. The molecule has 0 spiro atoms. The summed E-state index contributed by atoms with van der Waals surface area (Å²) in [5.74, 6) is 0. The summed E-state index contributed by atoms with van der Waals surface area (Å²) >= 11 is 0. The molecule has 0 heterocycles. The molecule has 82 valence electrons. The minimum absolute atomic E-state index is 0.980. The van der Waals surface area contributed by atoms with Gasteiger partial charge in [-0.3, -0.25) is 0 Å². The predicted octanol–water partition coefficient (Wildman–Crippen LogP) is 3.60. The van der Waals surface area contributed by atoms with Crippen LogP contribution in [-0.2, 0) is 0 Å². The lowest BCUT2D eigenvalue weighted by Crippen LogP contribution is -1.97. The van der Waals surface area contributed by atoms with Crippen LogP contribution in [0.1, 0.15) is 26.7 Å². The quantitative estimate of drug-likeness (QED) is 0.504. The number of rotatable bonds is 3. The first-order valence-corrected chi connectivity index (χ1v) is 5.58. The molecule has 2 heteroatoms. The molecule has 0 aromatic rings. The van der Waals surface area contributed by atoms with E-state index in [1.807, 2.05) is 13.8 Å². The van der Waals surface area contributed by atoms with Crippen molar-refractivity contribution in [1.29, 1.82) is 0 Å². The van der Waals surface area contributed by atoms with Crippen molar-refractivity contribution < 1.29 is 0 Å². The first kappa shape index (κ1) is 10.8. The second-order valence-corrected chi connectivity index (χ2v) is 4.02. The molecule has 0 aromatic heterocycles. The maximum Gasteiger partial charge on any atom is 0.0634 e. The average Bonchev–Trinajstić information content (AvgIpc) is 2.95. The van der Waals surface area contributed by atoms with E-state index in [1.165, 1.54) is 11.1 Å². The van der Waals surface area contributed by atoms with Crippen molar-refractivity contribution in [2.45, 2.75) is 26.7 Å². The molecule has 2 aliphatic carbocycles. The molecule has 0 amide bonds. The molecule has 0 saturated heterocycles. The van der Waals surface area contributed by atoms with E-state index in [0.29, 0.717) is 0 Å². The molecule has 2 rings (SSSR count). The summed E-state index contributed by atoms with van der Waals surface area (Å²) in [6, 6.07) is 0. The second kappa shape index (κ2) is 4.88. The largest absolute Gasteiger partial charge is 0.155 e. The zero-order valence-corrected chi connectivity index (χ0v) is 9.77. The highest BCUT2D eigenvalue weighted by atomic mass is 15.2. The standard InChI is InChI=1S/C14H16N2/c1-11(13-7-3-4-8-13)15-16-12(2)14-9-5-6-10-14/h3-7,9H,8,10H2,1-2H3/b15-11+,16-12+. The molecule has 0 aliphatic heterocycles. The van der Waals surface area contributed by atoms with Crippen LogP contribution in [0.5, 0.6) is 0 Å². The van der Waals surface area contributed by atoms with Gasteiger partial charge in [0.2, 0.25) is 0 Å². The van der Waals surface area contributed by atoms with Gasteiger partial charge < -0.3 is 0 Å². The SMILES string of the molecule is C/C(=N\N=C(/C)C1=CC=CC1)C1=CC=CC1. The minimum atomic E-state index is 0.980. The first-order chi connectivity index (χ1) is 7.77. The van der Waals surface area contributed by atoms with Gasteiger partial charge in [-0.15, -0.1) is 0 Å². The van der Waals surface area contributed by atoms with Crippen LogP contribution in [0, 0.1) is 0 Å². The van der Waals surface area contributed by atoms with Crippen molar-refractivity contribution in [3.05, 3.63) is 47.6 Å². The minimum Gasteiger partial charge on any atom is -0.155 e. The summed E-state index contributed by atoms with van der Waals surface area (Å²) in [4.78, 5) is 0. The third kappa shape index (κ3) is 2.45. The number of hydrogen-bond acceptors (Lipinski definition) is 2. The fourth-order valence-corrected chi connectivity index (χ4v) is 1.71. The maximum atomic E-state index is 4.28. The summed E-state index contributed by atoms with van der Waals surface area (Å²) < 4.78 is 0. The van der Waals surface area contributed by atoms with E-state index in [-0.39, 0.29) is 0 Å². The van der Waals surface area contributed by atoms with E-state index in [4.69, 9.17) is 0 Å². The van der Waals surface area contributed by atoms with Gasteiger partial charge in [0.15, 0.2) is 0 Å². The Labute approximate surface area is 96.5 Å². The Kier molecular flexibility index (Phi) is 3.30. The van der Waals surface area contributed by atoms with Crippen LogP contribution in [0.2, 0.25) is 0 Å². The van der Waals surface area contributed by atoms with Gasteiger partial charge in [-0.2, -0.15) is 10.2 Å². The Morgan fingerprint density at radius 3 is 1.62 bits per heavy atom. The molecule has 0 N–H and O–H groups in total. The number of allylic oxidation sites excluding steroid dienone is 8. The van der Waals surface area contributed by atoms with Crippen LogP contribution >= 0.6 is 0 Å². The third-order valence-electron chi connectivity index (χ3n) is 2.82. The highest BCUT2D eigenvalue weighted by Gasteiger charge is 2.04. The van der Waals surface area contributed by atoms with E-state index < -0.39 is 0 Å². The molecule has 0 atom stereocenters. The monoisotopic (exact) mass is 212 g/mol.